The van der Waals surface area contributed by atoms with Gasteiger partial charge in [-0.25, -0.2) is 0 Å². The Kier molecular flexibility index (Phi) is 11.0. The average molecular weight is 385 g/mol. The van der Waals surface area contributed by atoms with E-state index in [4.69, 9.17) is 14.2 Å². The summed E-state index contributed by atoms with van der Waals surface area (Å²) in [5, 5.41) is 6.91. The number of hydrogen-bond acceptors (Lipinski definition) is 5. The number of morpholine rings is 1. The molecule has 158 valence electrons. The van der Waals surface area contributed by atoms with E-state index in [-0.39, 0.29) is 0 Å². The van der Waals surface area contributed by atoms with Gasteiger partial charge >= 0.3 is 0 Å². The largest absolute Gasteiger partial charge is 0.381 e. The highest BCUT2D eigenvalue weighted by Gasteiger charge is 2.22. The summed E-state index contributed by atoms with van der Waals surface area (Å²) in [7, 11) is 1.83. The number of nitrogens with zero attached hydrogens (tertiary/aromatic N) is 2. The van der Waals surface area contributed by atoms with Gasteiger partial charge in [0.05, 0.1) is 26.4 Å². The van der Waals surface area contributed by atoms with E-state index in [1.165, 1.54) is 6.42 Å². The quantitative estimate of drug-likeness (QED) is 0.318. The highest BCUT2D eigenvalue weighted by molar-refractivity contribution is 5.79. The Balaban J connectivity index is 1.60. The van der Waals surface area contributed by atoms with Crippen LogP contribution in [0.2, 0.25) is 0 Å². The molecule has 2 atom stereocenters. The van der Waals surface area contributed by atoms with Gasteiger partial charge in [-0.2, -0.15) is 0 Å². The number of nitrogens with one attached hydrogen (secondary N) is 2. The molecule has 0 radical (unpaired) electrons. The predicted octanol–water partition coefficient (Wildman–Crippen LogP) is 1.34. The van der Waals surface area contributed by atoms with E-state index in [0.29, 0.717) is 17.9 Å². The molecule has 0 aromatic rings. The summed E-state index contributed by atoms with van der Waals surface area (Å²) in [5.41, 5.74) is 0. The molecular formula is C20H40N4O3. The molecule has 2 saturated heterocycles. The Hall–Kier alpha value is -0.890. The fourth-order valence-electron chi connectivity index (χ4n) is 3.63. The summed E-state index contributed by atoms with van der Waals surface area (Å²) in [6, 6.07) is 0.518. The number of guanidine groups is 1. The molecule has 27 heavy (non-hydrogen) atoms. The van der Waals surface area contributed by atoms with Gasteiger partial charge in [0.15, 0.2) is 5.96 Å². The van der Waals surface area contributed by atoms with Crippen LogP contribution in [-0.2, 0) is 14.2 Å². The summed E-state index contributed by atoms with van der Waals surface area (Å²) >= 11 is 0. The minimum absolute atomic E-state index is 0.518. The Labute approximate surface area is 165 Å². The fourth-order valence-corrected chi connectivity index (χ4v) is 3.63. The van der Waals surface area contributed by atoms with Crippen molar-refractivity contribution in [2.75, 3.05) is 72.9 Å². The van der Waals surface area contributed by atoms with Crippen molar-refractivity contribution in [3.05, 3.63) is 0 Å². The van der Waals surface area contributed by atoms with Gasteiger partial charge in [0.2, 0.25) is 0 Å². The zero-order valence-corrected chi connectivity index (χ0v) is 17.5. The minimum atomic E-state index is 0.518. The molecule has 7 heteroatoms. The van der Waals surface area contributed by atoms with Gasteiger partial charge in [0, 0.05) is 58.4 Å². The number of ether oxygens (including phenoxy) is 3. The van der Waals surface area contributed by atoms with Gasteiger partial charge in [-0.05, 0) is 25.2 Å². The molecule has 2 aliphatic heterocycles. The number of hydrogen-bond donors (Lipinski definition) is 2. The van der Waals surface area contributed by atoms with Crippen LogP contribution in [0.25, 0.3) is 0 Å². The molecule has 0 aromatic heterocycles. The lowest BCUT2D eigenvalue weighted by Gasteiger charge is -2.35. The van der Waals surface area contributed by atoms with Gasteiger partial charge in [-0.1, -0.05) is 13.8 Å². The first-order valence-electron chi connectivity index (χ1n) is 10.6. The van der Waals surface area contributed by atoms with E-state index in [0.717, 1.165) is 84.6 Å². The SMILES string of the molecule is CN=C(NCCCOCC1CCOC1)NCC(CC(C)C)N1CCOCC1. The van der Waals surface area contributed by atoms with Gasteiger partial charge in [0.25, 0.3) is 0 Å². The first-order valence-corrected chi connectivity index (χ1v) is 10.6. The van der Waals surface area contributed by atoms with E-state index in [1.807, 2.05) is 7.05 Å². The molecular weight excluding hydrogens is 344 g/mol. The molecule has 0 aromatic carbocycles. The lowest BCUT2D eigenvalue weighted by molar-refractivity contribution is 0.0132. The third kappa shape index (κ3) is 9.23. The van der Waals surface area contributed by atoms with Crippen molar-refractivity contribution in [3.63, 3.8) is 0 Å². The van der Waals surface area contributed by atoms with Crippen molar-refractivity contribution in [2.45, 2.75) is 39.2 Å². The van der Waals surface area contributed by atoms with Crippen LogP contribution in [0.1, 0.15) is 33.1 Å². The highest BCUT2D eigenvalue weighted by atomic mass is 16.5. The van der Waals surface area contributed by atoms with Crippen molar-refractivity contribution in [2.24, 2.45) is 16.8 Å². The molecule has 2 fully saturated rings. The Morgan fingerprint density at radius 2 is 2.00 bits per heavy atom. The van der Waals surface area contributed by atoms with E-state index >= 15 is 0 Å². The van der Waals surface area contributed by atoms with Crippen LogP contribution >= 0.6 is 0 Å². The van der Waals surface area contributed by atoms with Crippen molar-refractivity contribution in [1.29, 1.82) is 0 Å². The average Bonchev–Trinajstić information content (AvgIpc) is 3.19. The molecule has 0 aliphatic carbocycles. The van der Waals surface area contributed by atoms with Crippen LogP contribution in [0.5, 0.6) is 0 Å². The van der Waals surface area contributed by atoms with Crippen molar-refractivity contribution >= 4 is 5.96 Å². The maximum Gasteiger partial charge on any atom is 0.191 e. The minimum Gasteiger partial charge on any atom is -0.381 e. The second-order valence-corrected chi connectivity index (χ2v) is 7.97. The molecule has 2 rings (SSSR count). The van der Waals surface area contributed by atoms with Crippen molar-refractivity contribution in [1.82, 2.24) is 15.5 Å². The molecule has 2 unspecified atom stereocenters. The zero-order valence-electron chi connectivity index (χ0n) is 17.5. The van der Waals surface area contributed by atoms with Gasteiger partial charge < -0.3 is 24.8 Å². The lowest BCUT2D eigenvalue weighted by atomic mass is 10.0. The van der Waals surface area contributed by atoms with Crippen LogP contribution in [0.4, 0.5) is 0 Å². The van der Waals surface area contributed by atoms with Crippen molar-refractivity contribution in [3.8, 4) is 0 Å². The third-order valence-corrected chi connectivity index (χ3v) is 5.17. The monoisotopic (exact) mass is 384 g/mol. The Bertz CT molecular complexity index is 408. The van der Waals surface area contributed by atoms with Gasteiger partial charge in [-0.15, -0.1) is 0 Å². The topological polar surface area (TPSA) is 67.4 Å². The second-order valence-electron chi connectivity index (χ2n) is 7.97. The summed E-state index contributed by atoms with van der Waals surface area (Å²) in [5.74, 6) is 2.14. The molecule has 0 saturated carbocycles. The maximum atomic E-state index is 5.76. The van der Waals surface area contributed by atoms with Crippen molar-refractivity contribution < 1.29 is 14.2 Å². The highest BCUT2D eigenvalue weighted by Crippen LogP contribution is 2.13. The van der Waals surface area contributed by atoms with Crippen LogP contribution < -0.4 is 10.6 Å². The maximum absolute atomic E-state index is 5.76. The van der Waals surface area contributed by atoms with Gasteiger partial charge in [-0.3, -0.25) is 9.89 Å². The predicted molar refractivity (Wildman–Crippen MR) is 109 cm³/mol. The summed E-state index contributed by atoms with van der Waals surface area (Å²) in [6.07, 6.45) is 3.30. The van der Waals surface area contributed by atoms with Crippen LogP contribution in [0.3, 0.4) is 0 Å². The number of aliphatic imine (C=N–C) groups is 1. The molecule has 2 N–H and O–H groups in total. The molecule has 7 nitrogen and oxygen atoms in total. The summed E-state index contributed by atoms with van der Waals surface area (Å²) < 4.78 is 16.6. The summed E-state index contributed by atoms with van der Waals surface area (Å²) in [6.45, 7) is 13.4. The standard InChI is InChI=1S/C20H40N4O3/c1-17(2)13-19(24-7-11-25-12-8-24)14-23-20(21-3)22-6-4-9-26-15-18-5-10-27-16-18/h17-19H,4-16H2,1-3H3,(H2,21,22,23). The van der Waals surface area contributed by atoms with E-state index in [2.05, 4.69) is 34.4 Å². The van der Waals surface area contributed by atoms with Crippen LogP contribution in [-0.4, -0.2) is 89.8 Å². The van der Waals surface area contributed by atoms with E-state index < -0.39 is 0 Å². The third-order valence-electron chi connectivity index (χ3n) is 5.17. The van der Waals surface area contributed by atoms with Gasteiger partial charge in [0.1, 0.15) is 0 Å². The van der Waals surface area contributed by atoms with E-state index in [1.54, 1.807) is 0 Å². The first kappa shape index (κ1) is 22.4. The molecule has 0 bridgehead atoms. The first-order chi connectivity index (χ1) is 13.2. The molecule has 2 aliphatic rings. The number of rotatable bonds is 11. The molecule has 2 heterocycles. The lowest BCUT2D eigenvalue weighted by Crippen LogP contribution is -2.51. The Morgan fingerprint density at radius 1 is 1.19 bits per heavy atom. The Morgan fingerprint density at radius 3 is 2.67 bits per heavy atom. The second kappa shape index (κ2) is 13.3. The zero-order chi connectivity index (χ0) is 19.3. The normalized spacial score (nSPS) is 23.0. The van der Waals surface area contributed by atoms with Crippen LogP contribution in [0.15, 0.2) is 4.99 Å². The van der Waals surface area contributed by atoms with Crippen LogP contribution in [0, 0.1) is 11.8 Å². The van der Waals surface area contributed by atoms with E-state index in [9.17, 15) is 0 Å². The summed E-state index contributed by atoms with van der Waals surface area (Å²) in [4.78, 5) is 6.90. The fraction of sp³-hybridized carbons (Fsp3) is 0.950. The molecule has 0 amide bonds. The molecule has 0 spiro atoms. The smallest absolute Gasteiger partial charge is 0.191 e.